The Morgan fingerprint density at radius 1 is 0.667 bits per heavy atom. The number of carboxylic acids is 2. The SMILES string of the molecule is CCCCCCCCCCCCC(CCC)(C(=O)O)C(=O)O.[LiH].[NaH]. The minimum atomic E-state index is -1.57. The first-order chi connectivity index (χ1) is 10.5. The van der Waals surface area contributed by atoms with Gasteiger partial charge in [-0.2, -0.15) is 0 Å². The van der Waals surface area contributed by atoms with E-state index in [4.69, 9.17) is 0 Å². The van der Waals surface area contributed by atoms with Crippen molar-refractivity contribution in [3.63, 3.8) is 0 Å². The van der Waals surface area contributed by atoms with E-state index in [9.17, 15) is 19.8 Å². The summed E-state index contributed by atoms with van der Waals surface area (Å²) in [6.07, 6.45) is 12.7. The van der Waals surface area contributed by atoms with Crippen molar-refractivity contribution in [2.75, 3.05) is 0 Å². The van der Waals surface area contributed by atoms with Crippen LogP contribution in [0, 0.1) is 5.41 Å². The van der Waals surface area contributed by atoms with E-state index in [1.807, 2.05) is 6.92 Å². The summed E-state index contributed by atoms with van der Waals surface area (Å²) in [6, 6.07) is 0. The van der Waals surface area contributed by atoms with Gasteiger partial charge in [-0.15, -0.1) is 0 Å². The van der Waals surface area contributed by atoms with Gasteiger partial charge >= 0.3 is 60.4 Å². The molecule has 0 spiro atoms. The molecule has 0 aromatic heterocycles. The molecule has 4 nitrogen and oxygen atoms in total. The third kappa shape index (κ3) is 12.0. The van der Waals surface area contributed by atoms with Gasteiger partial charge < -0.3 is 10.2 Å². The van der Waals surface area contributed by atoms with E-state index in [1.54, 1.807) is 0 Å². The average molecular weight is 346 g/mol. The quantitative estimate of drug-likeness (QED) is 0.267. The van der Waals surface area contributed by atoms with Crippen molar-refractivity contribution in [2.24, 2.45) is 5.41 Å². The van der Waals surface area contributed by atoms with Crippen LogP contribution in [0.4, 0.5) is 0 Å². The first-order valence-corrected chi connectivity index (χ1v) is 8.98. The van der Waals surface area contributed by atoms with Gasteiger partial charge in [0.2, 0.25) is 0 Å². The second-order valence-corrected chi connectivity index (χ2v) is 6.37. The summed E-state index contributed by atoms with van der Waals surface area (Å²) < 4.78 is 0. The molecule has 0 rings (SSSR count). The molecule has 0 aromatic rings. The zero-order valence-electron chi connectivity index (χ0n) is 14.4. The van der Waals surface area contributed by atoms with Crippen molar-refractivity contribution < 1.29 is 19.8 Å². The van der Waals surface area contributed by atoms with Crippen LogP contribution in [0.1, 0.15) is 97.3 Å². The molecule has 134 valence electrons. The Morgan fingerprint density at radius 2 is 1.04 bits per heavy atom. The predicted octanol–water partition coefficient (Wildman–Crippen LogP) is 3.96. The van der Waals surface area contributed by atoms with E-state index in [-0.39, 0.29) is 61.3 Å². The van der Waals surface area contributed by atoms with Gasteiger partial charge in [0.1, 0.15) is 0 Å². The van der Waals surface area contributed by atoms with Crippen molar-refractivity contribution in [1.82, 2.24) is 0 Å². The van der Waals surface area contributed by atoms with Crippen molar-refractivity contribution in [1.29, 1.82) is 0 Å². The maximum atomic E-state index is 11.4. The summed E-state index contributed by atoms with van der Waals surface area (Å²) in [7, 11) is 0. The van der Waals surface area contributed by atoms with Crippen molar-refractivity contribution >= 4 is 60.4 Å². The first kappa shape index (κ1) is 29.3. The summed E-state index contributed by atoms with van der Waals surface area (Å²) in [6.45, 7) is 4.05. The van der Waals surface area contributed by atoms with E-state index in [0.29, 0.717) is 12.8 Å². The van der Waals surface area contributed by atoms with Gasteiger partial charge in [0.05, 0.1) is 0 Å². The molecule has 0 unspecified atom stereocenters. The number of carboxylic acid groups (broad SMARTS) is 2. The Kier molecular flexibility index (Phi) is 22.4. The molecule has 0 aromatic carbocycles. The van der Waals surface area contributed by atoms with Crippen LogP contribution in [-0.4, -0.2) is 70.6 Å². The van der Waals surface area contributed by atoms with E-state index in [1.165, 1.54) is 44.9 Å². The molecule has 2 N–H and O–H groups in total. The molecule has 0 amide bonds. The van der Waals surface area contributed by atoms with Crippen LogP contribution < -0.4 is 0 Å². The van der Waals surface area contributed by atoms with Crippen LogP contribution in [0.15, 0.2) is 0 Å². The molecule has 24 heavy (non-hydrogen) atoms. The Labute approximate surface area is 182 Å². The summed E-state index contributed by atoms with van der Waals surface area (Å²) in [5, 5.41) is 18.6. The summed E-state index contributed by atoms with van der Waals surface area (Å²) in [4.78, 5) is 22.7. The predicted molar refractivity (Wildman–Crippen MR) is 103 cm³/mol. The Bertz CT molecular complexity index is 310. The van der Waals surface area contributed by atoms with Gasteiger partial charge in [0.25, 0.3) is 0 Å². The van der Waals surface area contributed by atoms with E-state index < -0.39 is 17.4 Å². The molecule has 0 saturated heterocycles. The van der Waals surface area contributed by atoms with Gasteiger partial charge in [-0.1, -0.05) is 84.5 Å². The molecule has 0 saturated carbocycles. The van der Waals surface area contributed by atoms with Crippen LogP contribution in [-0.2, 0) is 9.59 Å². The molecule has 0 fully saturated rings. The average Bonchev–Trinajstić information content (AvgIpc) is 2.47. The molecule has 0 aliphatic rings. The van der Waals surface area contributed by atoms with Gasteiger partial charge in [-0.25, -0.2) is 0 Å². The molecular weight excluding hydrogens is 310 g/mol. The van der Waals surface area contributed by atoms with Crippen molar-refractivity contribution in [2.45, 2.75) is 97.3 Å². The van der Waals surface area contributed by atoms with Gasteiger partial charge in [-0.05, 0) is 12.8 Å². The van der Waals surface area contributed by atoms with Gasteiger partial charge in [0.15, 0.2) is 5.41 Å². The Morgan fingerprint density at radius 3 is 1.38 bits per heavy atom. The van der Waals surface area contributed by atoms with Crippen LogP contribution in [0.5, 0.6) is 0 Å². The topological polar surface area (TPSA) is 74.6 Å². The fraction of sp³-hybridized carbons (Fsp3) is 0.889. The molecule has 0 atom stereocenters. The zero-order chi connectivity index (χ0) is 16.8. The molecule has 6 heteroatoms. The van der Waals surface area contributed by atoms with Crippen molar-refractivity contribution in [3.8, 4) is 0 Å². The number of carbonyl (C=O) groups is 2. The van der Waals surface area contributed by atoms with Crippen molar-refractivity contribution in [3.05, 3.63) is 0 Å². The number of hydrogen-bond acceptors (Lipinski definition) is 2. The normalized spacial score (nSPS) is 10.6. The molecule has 0 bridgehead atoms. The fourth-order valence-electron chi connectivity index (χ4n) is 2.99. The monoisotopic (exact) mass is 346 g/mol. The van der Waals surface area contributed by atoms with Gasteiger partial charge in [-0.3, -0.25) is 9.59 Å². The van der Waals surface area contributed by atoms with E-state index in [0.717, 1.165) is 12.8 Å². The number of rotatable bonds is 15. The van der Waals surface area contributed by atoms with Crippen LogP contribution in [0.2, 0.25) is 0 Å². The summed E-state index contributed by atoms with van der Waals surface area (Å²) in [5.74, 6) is -2.37. The number of unbranched alkanes of at least 4 members (excludes halogenated alkanes) is 9. The standard InChI is InChI=1S/C18H34O4.Li.Na.2H/c1-3-5-6-7-8-9-10-11-12-13-15-18(14-4-2,16(19)20)17(21)22;;;;/h3-15H2,1-2H3,(H,19,20)(H,21,22);;;;. The second-order valence-electron chi connectivity index (χ2n) is 6.37. The molecule has 0 aliphatic heterocycles. The maximum absolute atomic E-state index is 11.4. The van der Waals surface area contributed by atoms with E-state index >= 15 is 0 Å². The fourth-order valence-corrected chi connectivity index (χ4v) is 2.99. The van der Waals surface area contributed by atoms with Crippen LogP contribution in [0.3, 0.4) is 0 Å². The molecule has 0 heterocycles. The number of aliphatic carboxylic acids is 2. The van der Waals surface area contributed by atoms with Crippen LogP contribution >= 0.6 is 0 Å². The summed E-state index contributed by atoms with van der Waals surface area (Å²) in [5.41, 5.74) is -1.57. The Balaban J connectivity index is -0.00000220. The summed E-state index contributed by atoms with van der Waals surface area (Å²) >= 11 is 0. The third-order valence-corrected chi connectivity index (χ3v) is 4.45. The molecule has 0 radical (unpaired) electrons. The third-order valence-electron chi connectivity index (χ3n) is 4.45. The number of hydrogen-bond donors (Lipinski definition) is 2. The molecule has 0 aliphatic carbocycles. The van der Waals surface area contributed by atoms with Crippen LogP contribution in [0.25, 0.3) is 0 Å². The zero-order valence-corrected chi connectivity index (χ0v) is 14.4. The van der Waals surface area contributed by atoms with E-state index in [2.05, 4.69) is 6.92 Å². The second kappa shape index (κ2) is 18.3. The first-order valence-electron chi connectivity index (χ1n) is 8.98. The Hall–Kier alpha value is 0.537. The molecular formula is C18H36LiNaO4. The van der Waals surface area contributed by atoms with Gasteiger partial charge in [0, 0.05) is 0 Å². The minimum absolute atomic E-state index is 0.